The molecule has 126 valence electrons. The molecule has 1 unspecified atom stereocenters. The number of ether oxygens (including phenoxy) is 1. The first-order valence-electron chi connectivity index (χ1n) is 7.02. The van der Waals surface area contributed by atoms with Gasteiger partial charge in [-0.05, 0) is 36.8 Å². The van der Waals surface area contributed by atoms with Gasteiger partial charge >= 0.3 is 5.97 Å². The van der Waals surface area contributed by atoms with Gasteiger partial charge in [0.2, 0.25) is 19.7 Å². The van der Waals surface area contributed by atoms with Crippen molar-refractivity contribution in [3.8, 4) is 0 Å². The number of hydrogen-bond donors (Lipinski definition) is 0. The zero-order valence-electron chi connectivity index (χ0n) is 12.9. The lowest BCUT2D eigenvalue weighted by Gasteiger charge is -2.21. The van der Waals surface area contributed by atoms with E-state index in [1.165, 1.54) is 49.6 Å². The molecule has 0 fully saturated rings. The summed E-state index contributed by atoms with van der Waals surface area (Å²) in [4.78, 5) is 10.6. The van der Waals surface area contributed by atoms with Crippen LogP contribution in [0.5, 0.6) is 0 Å². The van der Waals surface area contributed by atoms with Gasteiger partial charge in [0.15, 0.2) is 0 Å². The summed E-state index contributed by atoms with van der Waals surface area (Å²) in [5.74, 6) is -1.25. The largest absolute Gasteiger partial charge is 0.469 e. The summed E-state index contributed by atoms with van der Waals surface area (Å²) < 4.78 is 55.7. The molecule has 6 nitrogen and oxygen atoms in total. The number of fused-ring (bicyclic) bond motifs is 2. The molecule has 24 heavy (non-hydrogen) atoms. The third kappa shape index (κ3) is 2.25. The Balaban J connectivity index is 2.31. The Morgan fingerprint density at radius 3 is 1.92 bits per heavy atom. The fourth-order valence-electron chi connectivity index (χ4n) is 2.67. The van der Waals surface area contributed by atoms with Gasteiger partial charge in [0, 0.05) is 0 Å². The van der Waals surface area contributed by atoms with Crippen molar-refractivity contribution in [2.45, 2.75) is 32.4 Å². The molecule has 1 aliphatic rings. The number of hydrogen-bond acceptors (Lipinski definition) is 6. The van der Waals surface area contributed by atoms with Crippen molar-refractivity contribution in [2.24, 2.45) is 0 Å². The van der Waals surface area contributed by atoms with E-state index < -0.39 is 31.6 Å². The average molecular weight is 366 g/mol. The van der Waals surface area contributed by atoms with Crippen LogP contribution >= 0.6 is 0 Å². The summed E-state index contributed by atoms with van der Waals surface area (Å²) >= 11 is 0. The third-order valence-electron chi connectivity index (χ3n) is 4.03. The molecule has 0 saturated carbocycles. The molecular weight excluding hydrogens is 352 g/mol. The normalized spacial score (nSPS) is 18.1. The molecule has 0 amide bonds. The van der Waals surface area contributed by atoms with Crippen LogP contribution in [0.25, 0.3) is 0 Å². The van der Waals surface area contributed by atoms with E-state index in [1.54, 1.807) is 6.92 Å². The van der Waals surface area contributed by atoms with Crippen molar-refractivity contribution < 1.29 is 26.4 Å². The monoisotopic (exact) mass is 366 g/mol. The average Bonchev–Trinajstić information content (AvgIpc) is 2.59. The second-order valence-corrected chi connectivity index (χ2v) is 9.18. The molecule has 8 heteroatoms. The topological polar surface area (TPSA) is 94.6 Å². The Morgan fingerprint density at radius 2 is 1.38 bits per heavy atom. The minimum absolute atomic E-state index is 0.230. The van der Waals surface area contributed by atoms with Crippen LogP contribution in [0.2, 0.25) is 0 Å². The predicted octanol–water partition coefficient (Wildman–Crippen LogP) is 1.94. The number of benzene rings is 2. The number of sulfone groups is 2. The van der Waals surface area contributed by atoms with Gasteiger partial charge in [-0.15, -0.1) is 0 Å². The van der Waals surface area contributed by atoms with Crippen LogP contribution in [0.15, 0.2) is 62.0 Å². The summed E-state index contributed by atoms with van der Waals surface area (Å²) in [5, 5.41) is 0. The van der Waals surface area contributed by atoms with Crippen molar-refractivity contribution in [2.75, 3.05) is 7.11 Å². The first kappa shape index (κ1) is 16.7. The van der Waals surface area contributed by atoms with E-state index in [0.29, 0.717) is 5.56 Å². The molecule has 0 aliphatic carbocycles. The van der Waals surface area contributed by atoms with E-state index >= 15 is 0 Å². The molecule has 2 aromatic rings. The van der Waals surface area contributed by atoms with Crippen LogP contribution < -0.4 is 0 Å². The molecule has 1 atom stereocenters. The van der Waals surface area contributed by atoms with Crippen LogP contribution in [-0.2, 0) is 29.2 Å². The minimum Gasteiger partial charge on any atom is -0.469 e. The SMILES string of the molecule is COC(=O)C(C)c1ccc2c(c1)S(=O)(=O)c1ccccc1S2(=O)=O. The molecule has 2 aromatic carbocycles. The molecule has 0 spiro atoms. The predicted molar refractivity (Wildman–Crippen MR) is 84.2 cm³/mol. The van der Waals surface area contributed by atoms with Crippen molar-refractivity contribution in [1.29, 1.82) is 0 Å². The highest BCUT2D eigenvalue weighted by molar-refractivity contribution is 7.97. The van der Waals surface area contributed by atoms with Crippen molar-refractivity contribution in [3.63, 3.8) is 0 Å². The van der Waals surface area contributed by atoms with Gasteiger partial charge in [0.05, 0.1) is 32.6 Å². The Hall–Kier alpha value is -2.19. The van der Waals surface area contributed by atoms with E-state index in [-0.39, 0.29) is 19.6 Å². The van der Waals surface area contributed by atoms with Crippen LogP contribution in [0.4, 0.5) is 0 Å². The zero-order chi connectivity index (χ0) is 17.7. The third-order valence-corrected chi connectivity index (χ3v) is 8.01. The van der Waals surface area contributed by atoms with E-state index in [4.69, 9.17) is 0 Å². The number of carbonyl (C=O) groups is 1. The second kappa shape index (κ2) is 5.42. The smallest absolute Gasteiger partial charge is 0.312 e. The van der Waals surface area contributed by atoms with Gasteiger partial charge in [-0.3, -0.25) is 4.79 Å². The van der Waals surface area contributed by atoms with Gasteiger partial charge in [0.25, 0.3) is 0 Å². The molecule has 0 bridgehead atoms. The molecule has 1 aliphatic heterocycles. The lowest BCUT2D eigenvalue weighted by molar-refractivity contribution is -0.142. The Labute approximate surface area is 139 Å². The highest BCUT2D eigenvalue weighted by Gasteiger charge is 2.39. The Kier molecular flexibility index (Phi) is 3.76. The Bertz CT molecular complexity index is 1050. The van der Waals surface area contributed by atoms with Crippen molar-refractivity contribution in [3.05, 3.63) is 48.0 Å². The van der Waals surface area contributed by atoms with Gasteiger partial charge in [-0.2, -0.15) is 0 Å². The molecule has 0 aromatic heterocycles. The van der Waals surface area contributed by atoms with Gasteiger partial charge < -0.3 is 4.74 Å². The maximum atomic E-state index is 12.8. The van der Waals surface area contributed by atoms with Crippen LogP contribution in [0.3, 0.4) is 0 Å². The summed E-state index contributed by atoms with van der Waals surface area (Å²) in [6, 6.07) is 9.38. The van der Waals surface area contributed by atoms with E-state index in [1.807, 2.05) is 0 Å². The standard InChI is InChI=1S/C16H14O6S2/c1-10(16(17)22-2)11-7-8-14-15(9-11)24(20,21)13-6-4-3-5-12(13)23(14,18)19/h3-10H,1-2H3. The lowest BCUT2D eigenvalue weighted by atomic mass is 10.0. The van der Waals surface area contributed by atoms with Crippen molar-refractivity contribution in [1.82, 2.24) is 0 Å². The molecule has 0 saturated heterocycles. The number of methoxy groups -OCH3 is 1. The quantitative estimate of drug-likeness (QED) is 0.643. The molecule has 1 heterocycles. The fourth-order valence-corrected chi connectivity index (χ4v) is 6.84. The molecule has 0 N–H and O–H groups in total. The molecule has 0 radical (unpaired) electrons. The Morgan fingerprint density at radius 1 is 0.875 bits per heavy atom. The van der Waals surface area contributed by atoms with Crippen molar-refractivity contribution >= 4 is 25.6 Å². The first-order valence-corrected chi connectivity index (χ1v) is 9.99. The van der Waals surface area contributed by atoms with E-state index in [0.717, 1.165) is 0 Å². The first-order chi connectivity index (χ1) is 11.2. The van der Waals surface area contributed by atoms with Crippen LogP contribution in [0.1, 0.15) is 18.4 Å². The lowest BCUT2D eigenvalue weighted by Crippen LogP contribution is -2.20. The highest BCUT2D eigenvalue weighted by atomic mass is 32.2. The molecular formula is C16H14O6S2. The fraction of sp³-hybridized carbons (Fsp3) is 0.188. The maximum Gasteiger partial charge on any atom is 0.312 e. The van der Waals surface area contributed by atoms with E-state index in [2.05, 4.69) is 4.74 Å². The highest BCUT2D eigenvalue weighted by Crippen LogP contribution is 2.41. The number of rotatable bonds is 2. The van der Waals surface area contributed by atoms with Crippen LogP contribution in [0, 0.1) is 0 Å². The summed E-state index contributed by atoms with van der Waals surface area (Å²) in [5.41, 5.74) is 0.374. The maximum absolute atomic E-state index is 12.8. The summed E-state index contributed by atoms with van der Waals surface area (Å²) in [6.45, 7) is 1.56. The van der Waals surface area contributed by atoms with Gasteiger partial charge in [-0.1, -0.05) is 18.2 Å². The number of carbonyl (C=O) groups excluding carboxylic acids is 1. The van der Waals surface area contributed by atoms with Gasteiger partial charge in [-0.25, -0.2) is 16.8 Å². The minimum atomic E-state index is -3.99. The summed E-state index contributed by atoms with van der Waals surface area (Å²) in [7, 11) is -6.70. The van der Waals surface area contributed by atoms with Crippen LogP contribution in [-0.4, -0.2) is 29.9 Å². The zero-order valence-corrected chi connectivity index (χ0v) is 14.5. The van der Waals surface area contributed by atoms with Gasteiger partial charge in [0.1, 0.15) is 0 Å². The molecule has 3 rings (SSSR count). The second-order valence-electron chi connectivity index (χ2n) is 5.40. The van der Waals surface area contributed by atoms with E-state index in [9.17, 15) is 21.6 Å². The number of esters is 1. The summed E-state index contributed by atoms with van der Waals surface area (Å²) in [6.07, 6.45) is 0.